The number of unbranched alkanes of at least 4 members (excludes halogenated alkanes) is 2. The molecule has 41 heavy (non-hydrogen) atoms. The third-order valence-corrected chi connectivity index (χ3v) is 7.31. The number of alkyl halides is 4. The van der Waals surface area contributed by atoms with E-state index in [1.54, 1.807) is 0 Å². The molecule has 0 saturated carbocycles. The molecule has 0 aromatic heterocycles. The third-order valence-electron chi connectivity index (χ3n) is 7.31. The zero-order valence-corrected chi connectivity index (χ0v) is 24.8. The molecule has 0 spiro atoms. The van der Waals surface area contributed by atoms with Crippen molar-refractivity contribution in [3.05, 3.63) is 59.7 Å². The Balaban J connectivity index is 2.73. The number of hydrogen-bond donors (Lipinski definition) is 1. The number of carbonyl (C=O) groups is 2. The van der Waals surface area contributed by atoms with Crippen LogP contribution in [-0.4, -0.2) is 42.8 Å². The Morgan fingerprint density at radius 2 is 1.46 bits per heavy atom. The number of benzene rings is 1. The lowest BCUT2D eigenvalue weighted by atomic mass is 9.85. The van der Waals surface area contributed by atoms with Crippen molar-refractivity contribution in [1.82, 2.24) is 0 Å². The van der Waals surface area contributed by atoms with Crippen LogP contribution in [0.4, 0.5) is 17.6 Å². The second kappa shape index (κ2) is 17.3. The van der Waals surface area contributed by atoms with Crippen LogP contribution in [0.15, 0.2) is 48.6 Å². The maximum Gasteiger partial charge on any atom is 0.335 e. The van der Waals surface area contributed by atoms with Crippen LogP contribution in [0.2, 0.25) is 0 Å². The summed E-state index contributed by atoms with van der Waals surface area (Å²) >= 11 is 0. The molecule has 0 aliphatic heterocycles. The zero-order valence-electron chi connectivity index (χ0n) is 24.8. The molecule has 0 aliphatic carbocycles. The van der Waals surface area contributed by atoms with E-state index in [4.69, 9.17) is 14.6 Å². The molecule has 3 unspecified atom stereocenters. The highest BCUT2D eigenvalue weighted by molar-refractivity contribution is 5.88. The Labute approximate surface area is 242 Å². The average molecular weight is 587 g/mol. The Morgan fingerprint density at radius 1 is 0.902 bits per heavy atom. The van der Waals surface area contributed by atoms with Crippen molar-refractivity contribution in [2.45, 2.75) is 90.9 Å². The van der Waals surface area contributed by atoms with Gasteiger partial charge in [-0.05, 0) is 44.1 Å². The molecule has 0 amide bonds. The molecular weight excluding hydrogens is 540 g/mol. The number of halogens is 4. The van der Waals surface area contributed by atoms with Gasteiger partial charge in [-0.15, -0.1) is 0 Å². The van der Waals surface area contributed by atoms with Gasteiger partial charge in [0.05, 0.1) is 25.4 Å². The fourth-order valence-electron chi connectivity index (χ4n) is 4.23. The van der Waals surface area contributed by atoms with Crippen LogP contribution in [0.25, 0.3) is 0 Å². The van der Waals surface area contributed by atoms with Crippen molar-refractivity contribution in [3.63, 3.8) is 0 Å². The minimum atomic E-state index is -4.31. The van der Waals surface area contributed by atoms with Gasteiger partial charge >= 0.3 is 23.8 Å². The van der Waals surface area contributed by atoms with E-state index < -0.39 is 47.8 Å². The minimum absolute atomic E-state index is 0.0601. The van der Waals surface area contributed by atoms with Crippen molar-refractivity contribution in [2.75, 3.05) is 19.8 Å². The highest BCUT2D eigenvalue weighted by Crippen LogP contribution is 2.48. The lowest BCUT2D eigenvalue weighted by molar-refractivity contribution is -0.242. The van der Waals surface area contributed by atoms with E-state index >= 15 is 8.78 Å². The minimum Gasteiger partial charge on any atom is -0.462 e. The summed E-state index contributed by atoms with van der Waals surface area (Å²) in [6, 6.07) is 5.22. The van der Waals surface area contributed by atoms with Gasteiger partial charge in [0.1, 0.15) is 0 Å². The van der Waals surface area contributed by atoms with E-state index in [9.17, 15) is 18.4 Å². The van der Waals surface area contributed by atoms with E-state index in [0.717, 1.165) is 50.3 Å². The Bertz CT molecular complexity index is 990. The SMILES string of the molecule is C=C(C)C(=O)OCC(CCC(C)CCC(C)C(F)(F)C(F)(F)c1ccc(CCCCC)cc1)COC(=O)C(=C)CO. The van der Waals surface area contributed by atoms with Crippen molar-refractivity contribution >= 4 is 11.9 Å². The second-order valence-corrected chi connectivity index (χ2v) is 11.1. The van der Waals surface area contributed by atoms with Gasteiger partial charge in [-0.2, -0.15) is 17.6 Å². The fourth-order valence-corrected chi connectivity index (χ4v) is 4.23. The average Bonchev–Trinajstić information content (AvgIpc) is 2.94. The summed E-state index contributed by atoms with van der Waals surface area (Å²) in [5, 5.41) is 9.03. The standard InChI is InChI=1S/C32H46F4O5/c1-7-8-9-10-26-15-17-28(18-16-26)32(35,36)31(33,34)25(6)13-11-23(4)12-14-27(20-40-29(38)22(2)3)21-41-30(39)24(5)19-37/h15-18,23,25,27,37H,2,5,7-14,19-21H2,1,3-4,6H3. The van der Waals surface area contributed by atoms with Gasteiger partial charge in [-0.25, -0.2) is 9.59 Å². The summed E-state index contributed by atoms with van der Waals surface area (Å²) in [6.45, 7) is 12.7. The number of ether oxygens (including phenoxy) is 2. The van der Waals surface area contributed by atoms with Crippen LogP contribution in [-0.2, 0) is 31.4 Å². The van der Waals surface area contributed by atoms with Crippen molar-refractivity contribution in [2.24, 2.45) is 17.8 Å². The zero-order chi connectivity index (χ0) is 31.2. The van der Waals surface area contributed by atoms with E-state index in [2.05, 4.69) is 20.1 Å². The Morgan fingerprint density at radius 3 is 2.00 bits per heavy atom. The van der Waals surface area contributed by atoms with Crippen LogP contribution >= 0.6 is 0 Å². The molecule has 5 nitrogen and oxygen atoms in total. The summed E-state index contributed by atoms with van der Waals surface area (Å²) < 4.78 is 70.3. The summed E-state index contributed by atoms with van der Waals surface area (Å²) in [5.74, 6) is -12.0. The maximum atomic E-state index is 15.0. The molecule has 0 fully saturated rings. The quantitative estimate of drug-likeness (QED) is 0.0730. The fraction of sp³-hybridized carbons (Fsp3) is 0.625. The molecule has 1 rings (SSSR count). The summed E-state index contributed by atoms with van der Waals surface area (Å²) in [6.07, 6.45) is 4.79. The molecule has 0 heterocycles. The molecule has 0 aliphatic rings. The van der Waals surface area contributed by atoms with Gasteiger partial charge in [0.2, 0.25) is 0 Å². The molecule has 1 aromatic carbocycles. The normalized spacial score (nSPS) is 14.2. The first-order valence-corrected chi connectivity index (χ1v) is 14.3. The van der Waals surface area contributed by atoms with E-state index in [-0.39, 0.29) is 43.1 Å². The summed E-state index contributed by atoms with van der Waals surface area (Å²) in [7, 11) is 0. The second-order valence-electron chi connectivity index (χ2n) is 11.1. The lowest BCUT2D eigenvalue weighted by Crippen LogP contribution is -2.43. The first-order chi connectivity index (χ1) is 19.2. The first-order valence-electron chi connectivity index (χ1n) is 14.3. The van der Waals surface area contributed by atoms with Crippen molar-refractivity contribution in [1.29, 1.82) is 0 Å². The van der Waals surface area contributed by atoms with Gasteiger partial charge in [0, 0.05) is 23.0 Å². The third kappa shape index (κ3) is 11.6. The molecule has 0 saturated heterocycles. The highest BCUT2D eigenvalue weighted by Gasteiger charge is 2.60. The topological polar surface area (TPSA) is 72.8 Å². The van der Waals surface area contributed by atoms with Gasteiger partial charge in [-0.3, -0.25) is 0 Å². The number of carbonyl (C=O) groups excluding carboxylic acids is 2. The molecule has 0 radical (unpaired) electrons. The molecule has 0 bridgehead atoms. The predicted octanol–water partition coefficient (Wildman–Crippen LogP) is 7.81. The van der Waals surface area contributed by atoms with Crippen molar-refractivity contribution in [3.8, 4) is 0 Å². The van der Waals surface area contributed by atoms with Crippen LogP contribution in [0, 0.1) is 17.8 Å². The summed E-state index contributed by atoms with van der Waals surface area (Å²) in [5.41, 5.74) is 0.249. The van der Waals surface area contributed by atoms with Crippen molar-refractivity contribution < 1.29 is 41.7 Å². The molecule has 1 aromatic rings. The monoisotopic (exact) mass is 586 g/mol. The van der Waals surface area contributed by atoms with E-state index in [0.29, 0.717) is 12.8 Å². The number of aliphatic hydroxyl groups excluding tert-OH is 1. The highest BCUT2D eigenvalue weighted by atomic mass is 19.3. The number of rotatable bonds is 20. The van der Waals surface area contributed by atoms with Crippen LogP contribution < -0.4 is 0 Å². The van der Waals surface area contributed by atoms with Gasteiger partial charge in [0.15, 0.2) is 0 Å². The first kappa shape index (κ1) is 36.3. The van der Waals surface area contributed by atoms with Gasteiger partial charge in [0.25, 0.3) is 0 Å². The van der Waals surface area contributed by atoms with Gasteiger partial charge in [-0.1, -0.05) is 83.9 Å². The number of aliphatic hydroxyl groups is 1. The van der Waals surface area contributed by atoms with Gasteiger partial charge < -0.3 is 14.6 Å². The van der Waals surface area contributed by atoms with Crippen LogP contribution in [0.1, 0.15) is 83.8 Å². The lowest BCUT2D eigenvalue weighted by Gasteiger charge is -2.32. The van der Waals surface area contributed by atoms with Crippen LogP contribution in [0.3, 0.4) is 0 Å². The number of hydrogen-bond acceptors (Lipinski definition) is 5. The van der Waals surface area contributed by atoms with E-state index in [1.165, 1.54) is 19.1 Å². The largest absolute Gasteiger partial charge is 0.462 e. The number of aryl methyl sites for hydroxylation is 1. The Kier molecular flexibility index (Phi) is 15.4. The maximum absolute atomic E-state index is 15.0. The molecule has 232 valence electrons. The predicted molar refractivity (Wildman–Crippen MR) is 152 cm³/mol. The smallest absolute Gasteiger partial charge is 0.335 e. The molecule has 3 atom stereocenters. The van der Waals surface area contributed by atoms with E-state index in [1.807, 2.05) is 6.92 Å². The molecular formula is C32H46F4O5. The molecule has 1 N–H and O–H groups in total. The van der Waals surface area contributed by atoms with Crippen LogP contribution in [0.5, 0.6) is 0 Å². The number of esters is 2. The summed E-state index contributed by atoms with van der Waals surface area (Å²) in [4.78, 5) is 23.6. The molecule has 9 heteroatoms. The Hall–Kier alpha value is -2.68.